The molecule has 0 N–H and O–H groups in total. The van der Waals surface area contributed by atoms with Gasteiger partial charge in [-0.25, -0.2) is 4.39 Å². The van der Waals surface area contributed by atoms with Crippen molar-refractivity contribution in [3.63, 3.8) is 0 Å². The van der Waals surface area contributed by atoms with E-state index in [0.29, 0.717) is 11.9 Å². The van der Waals surface area contributed by atoms with E-state index < -0.39 is 0 Å². The molecule has 0 aromatic heterocycles. The highest BCUT2D eigenvalue weighted by atomic mass is 35.5. The second kappa shape index (κ2) is 6.74. The first-order chi connectivity index (χ1) is 8.70. The lowest BCUT2D eigenvalue weighted by molar-refractivity contribution is 0.120. The number of hydrogen-bond acceptors (Lipinski definition) is 1. The minimum atomic E-state index is -0.351. The van der Waals surface area contributed by atoms with Gasteiger partial charge in [-0.15, -0.1) is 11.6 Å². The summed E-state index contributed by atoms with van der Waals surface area (Å²) in [6, 6.07) is 5.65. The summed E-state index contributed by atoms with van der Waals surface area (Å²) in [5, 5.41) is 0.207. The fraction of sp³-hybridized carbons (Fsp3) is 0.571. The van der Waals surface area contributed by atoms with Crippen molar-refractivity contribution in [1.82, 2.24) is 4.90 Å². The maximum atomic E-state index is 13.1. The second-order valence-electron chi connectivity index (χ2n) is 4.85. The van der Waals surface area contributed by atoms with Crippen molar-refractivity contribution in [2.75, 3.05) is 12.4 Å². The molecule has 18 heavy (non-hydrogen) atoms. The summed E-state index contributed by atoms with van der Waals surface area (Å²) in [6.07, 6.45) is 4.83. The van der Waals surface area contributed by atoms with Crippen molar-refractivity contribution in [3.05, 3.63) is 34.6 Å². The molecule has 1 aliphatic rings. The molecule has 1 aliphatic carbocycles. The smallest absolute Gasteiger partial charge is 0.141 e. The molecule has 0 spiro atoms. The van der Waals surface area contributed by atoms with Crippen molar-refractivity contribution in [3.8, 4) is 0 Å². The van der Waals surface area contributed by atoms with Crippen molar-refractivity contribution in [2.45, 2.75) is 38.3 Å². The van der Waals surface area contributed by atoms with E-state index >= 15 is 0 Å². The average molecular weight is 290 g/mol. The number of alkyl halides is 1. The van der Waals surface area contributed by atoms with Crippen molar-refractivity contribution in [1.29, 1.82) is 0 Å². The lowest BCUT2D eigenvalue weighted by Gasteiger charge is -2.37. The second-order valence-corrected chi connectivity index (χ2v) is 5.63. The third-order valence-electron chi connectivity index (χ3n) is 3.54. The van der Waals surface area contributed by atoms with E-state index in [1.807, 2.05) is 6.07 Å². The van der Waals surface area contributed by atoms with E-state index in [1.54, 1.807) is 6.07 Å². The monoisotopic (exact) mass is 289 g/mol. The lowest BCUT2D eigenvalue weighted by Crippen LogP contribution is -2.40. The Morgan fingerprint density at radius 3 is 2.67 bits per heavy atom. The van der Waals surface area contributed by atoms with Crippen LogP contribution in [0.2, 0.25) is 5.02 Å². The molecule has 0 amide bonds. The summed E-state index contributed by atoms with van der Waals surface area (Å²) < 4.78 is 13.1. The average Bonchev–Trinajstić information content (AvgIpc) is 2.28. The summed E-state index contributed by atoms with van der Waals surface area (Å²) in [6.45, 7) is 1.84. The predicted octanol–water partition coefficient (Wildman–Crippen LogP) is 4.46. The van der Waals surface area contributed by atoms with E-state index in [1.165, 1.54) is 25.3 Å². The predicted molar refractivity (Wildman–Crippen MR) is 74.8 cm³/mol. The molecule has 0 radical (unpaired) electrons. The van der Waals surface area contributed by atoms with Gasteiger partial charge in [0.25, 0.3) is 0 Å². The maximum absolute atomic E-state index is 13.1. The normalized spacial score (nSPS) is 16.0. The summed E-state index contributed by atoms with van der Waals surface area (Å²) in [5.74, 6) is 0.337. The molecule has 1 aromatic rings. The van der Waals surface area contributed by atoms with E-state index in [4.69, 9.17) is 23.2 Å². The van der Waals surface area contributed by atoms with Crippen LogP contribution in [0.15, 0.2) is 18.2 Å². The number of halogens is 3. The Morgan fingerprint density at radius 2 is 2.11 bits per heavy atom. The zero-order valence-electron chi connectivity index (χ0n) is 10.3. The number of nitrogens with zero attached hydrogens (tertiary/aromatic N) is 1. The SMILES string of the molecule is Fc1ccc(CN(CCCCl)C2CCC2)cc1Cl. The van der Waals surface area contributed by atoms with Gasteiger partial charge in [0, 0.05) is 18.5 Å². The van der Waals surface area contributed by atoms with Crippen molar-refractivity contribution < 1.29 is 4.39 Å². The van der Waals surface area contributed by atoms with Gasteiger partial charge >= 0.3 is 0 Å². The Hall–Kier alpha value is -0.310. The molecule has 2 rings (SSSR count). The molecule has 1 aromatic carbocycles. The Labute approximate surface area is 118 Å². The van der Waals surface area contributed by atoms with E-state index in [-0.39, 0.29) is 10.8 Å². The molecule has 1 nitrogen and oxygen atoms in total. The Morgan fingerprint density at radius 1 is 1.33 bits per heavy atom. The van der Waals surface area contributed by atoms with Crippen LogP contribution < -0.4 is 0 Å². The van der Waals surface area contributed by atoms with Crippen LogP contribution in [0.1, 0.15) is 31.2 Å². The largest absolute Gasteiger partial charge is 0.296 e. The topological polar surface area (TPSA) is 3.24 Å². The van der Waals surface area contributed by atoms with E-state index in [0.717, 1.165) is 25.1 Å². The van der Waals surface area contributed by atoms with E-state index in [9.17, 15) is 4.39 Å². The van der Waals surface area contributed by atoms with Gasteiger partial charge in [-0.1, -0.05) is 24.1 Å². The molecular formula is C14H18Cl2FN. The summed E-state index contributed by atoms with van der Waals surface area (Å²) in [5.41, 5.74) is 1.07. The number of rotatable bonds is 6. The highest BCUT2D eigenvalue weighted by Gasteiger charge is 2.24. The van der Waals surface area contributed by atoms with Gasteiger partial charge in [0.1, 0.15) is 5.82 Å². The zero-order valence-corrected chi connectivity index (χ0v) is 11.9. The van der Waals surface area contributed by atoms with E-state index in [2.05, 4.69) is 4.90 Å². The van der Waals surface area contributed by atoms with Gasteiger partial charge in [-0.05, 0) is 43.5 Å². The van der Waals surface area contributed by atoms with Gasteiger partial charge < -0.3 is 0 Å². The van der Waals surface area contributed by atoms with Crippen LogP contribution >= 0.6 is 23.2 Å². The minimum absolute atomic E-state index is 0.207. The molecule has 1 fully saturated rings. The molecule has 100 valence electrons. The molecule has 0 heterocycles. The maximum Gasteiger partial charge on any atom is 0.141 e. The van der Waals surface area contributed by atoms with Crippen LogP contribution in [0.3, 0.4) is 0 Å². The summed E-state index contributed by atoms with van der Waals surface area (Å²) in [7, 11) is 0. The number of benzene rings is 1. The standard InChI is InChI=1S/C14H18Cl2FN/c15-7-2-8-18(12-3-1-4-12)10-11-5-6-14(17)13(16)9-11/h5-6,9,12H,1-4,7-8,10H2. The summed E-state index contributed by atoms with van der Waals surface area (Å²) in [4.78, 5) is 2.44. The number of hydrogen-bond donors (Lipinski definition) is 0. The third-order valence-corrected chi connectivity index (χ3v) is 4.10. The van der Waals surface area contributed by atoms with Crippen LogP contribution in [-0.2, 0) is 6.54 Å². The Bertz CT molecular complexity index is 393. The van der Waals surface area contributed by atoms with Crippen LogP contribution in [0, 0.1) is 5.82 Å². The zero-order chi connectivity index (χ0) is 13.0. The van der Waals surface area contributed by atoms with Crippen LogP contribution in [0.5, 0.6) is 0 Å². The molecule has 1 saturated carbocycles. The summed E-state index contributed by atoms with van der Waals surface area (Å²) >= 11 is 11.6. The van der Waals surface area contributed by atoms with Gasteiger partial charge in [-0.2, -0.15) is 0 Å². The van der Waals surface area contributed by atoms with Gasteiger partial charge in [0.05, 0.1) is 5.02 Å². The minimum Gasteiger partial charge on any atom is -0.296 e. The van der Waals surface area contributed by atoms with Crippen molar-refractivity contribution in [2.24, 2.45) is 0 Å². The van der Waals surface area contributed by atoms with Gasteiger partial charge in [0.2, 0.25) is 0 Å². The Balaban J connectivity index is 1.99. The van der Waals surface area contributed by atoms with Crippen LogP contribution in [-0.4, -0.2) is 23.4 Å². The first kappa shape index (κ1) is 14.1. The first-order valence-electron chi connectivity index (χ1n) is 6.44. The molecule has 0 aliphatic heterocycles. The first-order valence-corrected chi connectivity index (χ1v) is 7.36. The van der Waals surface area contributed by atoms with Crippen LogP contribution in [0.25, 0.3) is 0 Å². The van der Waals surface area contributed by atoms with Crippen molar-refractivity contribution >= 4 is 23.2 Å². The molecular weight excluding hydrogens is 272 g/mol. The Kier molecular flexibility index (Phi) is 5.28. The molecule has 0 saturated heterocycles. The highest BCUT2D eigenvalue weighted by Crippen LogP contribution is 2.27. The quantitative estimate of drug-likeness (QED) is 0.699. The highest BCUT2D eigenvalue weighted by molar-refractivity contribution is 6.30. The third kappa shape index (κ3) is 3.59. The fourth-order valence-electron chi connectivity index (χ4n) is 2.28. The van der Waals surface area contributed by atoms with Gasteiger partial charge in [0.15, 0.2) is 0 Å². The molecule has 0 unspecified atom stereocenters. The lowest BCUT2D eigenvalue weighted by atomic mass is 9.91. The molecule has 0 atom stereocenters. The van der Waals surface area contributed by atoms with Gasteiger partial charge in [-0.3, -0.25) is 4.90 Å². The fourth-order valence-corrected chi connectivity index (χ4v) is 2.60. The molecule has 4 heteroatoms. The molecule has 0 bridgehead atoms. The van der Waals surface area contributed by atoms with Crippen LogP contribution in [0.4, 0.5) is 4.39 Å².